The highest BCUT2D eigenvalue weighted by molar-refractivity contribution is 5.98. The number of rotatable bonds is 8. The molecule has 0 radical (unpaired) electrons. The fraction of sp³-hybridized carbons (Fsp3) is 0.167. The molecule has 1 amide bonds. The van der Waals surface area contributed by atoms with Crippen molar-refractivity contribution >= 4 is 11.7 Å². The first-order valence-electron chi connectivity index (χ1n) is 10.5. The average molecular weight is 462 g/mol. The maximum atomic E-state index is 14.2. The van der Waals surface area contributed by atoms with Crippen LogP contribution < -0.4 is 21.3 Å². The van der Waals surface area contributed by atoms with Crippen LogP contribution in [0, 0.1) is 5.82 Å². The lowest BCUT2D eigenvalue weighted by molar-refractivity contribution is 0.0950. The minimum atomic E-state index is -0.630. The predicted molar refractivity (Wildman–Crippen MR) is 124 cm³/mol. The van der Waals surface area contributed by atoms with Gasteiger partial charge >= 0.3 is 0 Å². The van der Waals surface area contributed by atoms with E-state index in [1.807, 2.05) is 30.3 Å². The van der Waals surface area contributed by atoms with E-state index in [1.54, 1.807) is 21.5 Å². The second kappa shape index (κ2) is 9.99. The molecule has 9 nitrogen and oxygen atoms in total. The first kappa shape index (κ1) is 22.7. The van der Waals surface area contributed by atoms with Crippen LogP contribution >= 0.6 is 0 Å². The monoisotopic (exact) mass is 462 g/mol. The molecule has 0 spiro atoms. The fourth-order valence-corrected chi connectivity index (χ4v) is 3.42. The molecule has 3 N–H and O–H groups in total. The Morgan fingerprint density at radius 3 is 2.56 bits per heavy atom. The van der Waals surface area contributed by atoms with E-state index in [0.717, 1.165) is 11.1 Å². The number of nitrogens with one attached hydrogen (secondary N) is 1. The Bertz CT molecular complexity index is 1360. The molecule has 3 heterocycles. The molecular formula is C24H23FN6O3. The minimum Gasteiger partial charge on any atom is -0.494 e. The topological polar surface area (TPSA) is 117 Å². The Balaban J connectivity index is 1.39. The number of amides is 1. The van der Waals surface area contributed by atoms with Gasteiger partial charge in [0.2, 0.25) is 0 Å². The standard InChI is InChI=1S/C24H23FN6O3/c1-34-20-9-10-27-19(22(20)25)12-28-24(33)18-15-31(29-23(18)26)14-17-7-5-16(6-8-17)13-30-11-3-2-4-21(30)32/h2-11,15H,12-14H2,1H3,(H2,26,29)(H,28,33). The van der Waals surface area contributed by atoms with E-state index >= 15 is 0 Å². The number of pyridine rings is 2. The summed E-state index contributed by atoms with van der Waals surface area (Å²) in [6.45, 7) is 0.745. The van der Waals surface area contributed by atoms with Crippen molar-refractivity contribution in [2.24, 2.45) is 0 Å². The van der Waals surface area contributed by atoms with Crippen LogP contribution in [0.15, 0.2) is 71.9 Å². The number of nitrogens with zero attached hydrogens (tertiary/aromatic N) is 4. The minimum absolute atomic E-state index is 0.0495. The number of benzene rings is 1. The van der Waals surface area contributed by atoms with Gasteiger partial charge in [-0.1, -0.05) is 30.3 Å². The van der Waals surface area contributed by atoms with Gasteiger partial charge in [0.25, 0.3) is 11.5 Å². The van der Waals surface area contributed by atoms with Gasteiger partial charge in [0.1, 0.15) is 5.56 Å². The average Bonchev–Trinajstić information content (AvgIpc) is 3.21. The highest BCUT2D eigenvalue weighted by Crippen LogP contribution is 2.18. The van der Waals surface area contributed by atoms with Gasteiger partial charge in [0.15, 0.2) is 17.4 Å². The lowest BCUT2D eigenvalue weighted by Gasteiger charge is -2.07. The maximum Gasteiger partial charge on any atom is 0.256 e. The van der Waals surface area contributed by atoms with Crippen LogP contribution in [0.25, 0.3) is 0 Å². The Morgan fingerprint density at radius 1 is 1.12 bits per heavy atom. The number of halogens is 1. The Labute approximate surface area is 194 Å². The van der Waals surface area contributed by atoms with Gasteiger partial charge in [0, 0.05) is 30.7 Å². The Morgan fingerprint density at radius 2 is 1.85 bits per heavy atom. The number of ether oxygens (including phenoxy) is 1. The Kier molecular flexibility index (Phi) is 6.67. The van der Waals surface area contributed by atoms with Crippen LogP contribution in [0.3, 0.4) is 0 Å². The highest BCUT2D eigenvalue weighted by Gasteiger charge is 2.16. The van der Waals surface area contributed by atoms with Crippen LogP contribution in [0.1, 0.15) is 27.2 Å². The van der Waals surface area contributed by atoms with Crippen molar-refractivity contribution in [3.8, 4) is 5.75 Å². The lowest BCUT2D eigenvalue weighted by Crippen LogP contribution is -2.24. The van der Waals surface area contributed by atoms with Gasteiger partial charge in [-0.3, -0.25) is 19.3 Å². The third kappa shape index (κ3) is 5.12. The molecule has 0 aliphatic rings. The van der Waals surface area contributed by atoms with Crippen LogP contribution in [-0.2, 0) is 19.6 Å². The van der Waals surface area contributed by atoms with E-state index in [4.69, 9.17) is 10.5 Å². The van der Waals surface area contributed by atoms with Gasteiger partial charge < -0.3 is 20.4 Å². The molecule has 0 unspecified atom stereocenters. The third-order valence-corrected chi connectivity index (χ3v) is 5.22. The van der Waals surface area contributed by atoms with E-state index in [-0.39, 0.29) is 34.9 Å². The molecule has 0 bridgehead atoms. The number of methoxy groups -OCH3 is 1. The van der Waals surface area contributed by atoms with E-state index in [2.05, 4.69) is 15.4 Å². The van der Waals surface area contributed by atoms with Gasteiger partial charge in [-0.05, 0) is 17.2 Å². The molecule has 3 aromatic heterocycles. The van der Waals surface area contributed by atoms with Crippen LogP contribution in [0.4, 0.5) is 10.2 Å². The van der Waals surface area contributed by atoms with Crippen molar-refractivity contribution < 1.29 is 13.9 Å². The fourth-order valence-electron chi connectivity index (χ4n) is 3.42. The number of aromatic nitrogens is 4. The van der Waals surface area contributed by atoms with Crippen molar-refractivity contribution in [1.82, 2.24) is 24.6 Å². The molecule has 0 aliphatic carbocycles. The van der Waals surface area contributed by atoms with Crippen molar-refractivity contribution in [3.63, 3.8) is 0 Å². The molecule has 4 rings (SSSR count). The van der Waals surface area contributed by atoms with Gasteiger partial charge in [-0.2, -0.15) is 5.10 Å². The molecule has 0 saturated heterocycles. The number of anilines is 1. The highest BCUT2D eigenvalue weighted by atomic mass is 19.1. The quantitative estimate of drug-likeness (QED) is 0.415. The van der Waals surface area contributed by atoms with E-state index < -0.39 is 11.7 Å². The molecule has 174 valence electrons. The summed E-state index contributed by atoms with van der Waals surface area (Å²) >= 11 is 0. The Hall–Kier alpha value is -4.47. The summed E-state index contributed by atoms with van der Waals surface area (Å²) in [5.74, 6) is -1.00. The number of nitrogens with two attached hydrogens (primary N) is 1. The zero-order valence-electron chi connectivity index (χ0n) is 18.4. The SMILES string of the molecule is COc1ccnc(CNC(=O)c2cn(Cc3ccc(Cn4ccccc4=O)cc3)nc2N)c1F. The molecule has 4 aromatic rings. The second-order valence-corrected chi connectivity index (χ2v) is 7.57. The van der Waals surface area contributed by atoms with E-state index in [9.17, 15) is 14.0 Å². The van der Waals surface area contributed by atoms with Gasteiger partial charge in [0.05, 0.1) is 32.4 Å². The number of carbonyl (C=O) groups excluding carboxylic acids is 1. The summed E-state index contributed by atoms with van der Waals surface area (Å²) in [5.41, 5.74) is 8.03. The third-order valence-electron chi connectivity index (χ3n) is 5.22. The number of hydrogen-bond acceptors (Lipinski definition) is 6. The lowest BCUT2D eigenvalue weighted by atomic mass is 10.1. The predicted octanol–water partition coefficient (Wildman–Crippen LogP) is 2.20. The second-order valence-electron chi connectivity index (χ2n) is 7.57. The summed E-state index contributed by atoms with van der Waals surface area (Å²) in [6, 6.07) is 14.2. The molecule has 10 heteroatoms. The zero-order valence-corrected chi connectivity index (χ0v) is 18.4. The number of nitrogen functional groups attached to an aromatic ring is 1. The summed E-state index contributed by atoms with van der Waals surface area (Å²) in [4.78, 5) is 28.4. The van der Waals surface area contributed by atoms with Crippen LogP contribution in [-0.4, -0.2) is 32.3 Å². The normalized spacial score (nSPS) is 10.8. The van der Waals surface area contributed by atoms with E-state index in [1.165, 1.54) is 31.6 Å². The smallest absolute Gasteiger partial charge is 0.256 e. The first-order chi connectivity index (χ1) is 16.4. The van der Waals surface area contributed by atoms with E-state index in [0.29, 0.717) is 13.1 Å². The molecule has 0 aliphatic heterocycles. The zero-order chi connectivity index (χ0) is 24.1. The van der Waals surface area contributed by atoms with Gasteiger partial charge in [-0.15, -0.1) is 0 Å². The summed E-state index contributed by atoms with van der Waals surface area (Å²) in [5, 5.41) is 6.81. The first-order valence-corrected chi connectivity index (χ1v) is 10.5. The molecule has 1 aromatic carbocycles. The van der Waals surface area contributed by atoms with Crippen LogP contribution in [0.2, 0.25) is 0 Å². The summed E-state index contributed by atoms with van der Waals surface area (Å²) in [7, 11) is 1.36. The van der Waals surface area contributed by atoms with Gasteiger partial charge in [-0.25, -0.2) is 4.39 Å². The van der Waals surface area contributed by atoms with Crippen molar-refractivity contribution in [3.05, 3.63) is 106 Å². The summed E-state index contributed by atoms with van der Waals surface area (Å²) in [6.07, 6.45) is 4.69. The molecule has 0 saturated carbocycles. The van der Waals surface area contributed by atoms with Crippen molar-refractivity contribution in [2.45, 2.75) is 19.6 Å². The molecule has 0 atom stereocenters. The molecule has 34 heavy (non-hydrogen) atoms. The van der Waals surface area contributed by atoms with Crippen LogP contribution in [0.5, 0.6) is 5.75 Å². The molecule has 0 fully saturated rings. The van der Waals surface area contributed by atoms with Crippen molar-refractivity contribution in [2.75, 3.05) is 12.8 Å². The van der Waals surface area contributed by atoms with Crippen molar-refractivity contribution in [1.29, 1.82) is 0 Å². The number of carbonyl (C=O) groups is 1. The largest absolute Gasteiger partial charge is 0.494 e. The summed E-state index contributed by atoms with van der Waals surface area (Å²) < 4.78 is 22.3. The number of hydrogen-bond donors (Lipinski definition) is 2. The maximum absolute atomic E-state index is 14.2. The molecular weight excluding hydrogens is 439 g/mol.